The van der Waals surface area contributed by atoms with Gasteiger partial charge in [-0.25, -0.2) is 0 Å². The fourth-order valence-corrected chi connectivity index (χ4v) is 2.13. The third kappa shape index (κ3) is 3.58. The van der Waals surface area contributed by atoms with E-state index in [1.807, 2.05) is 0 Å². The zero-order chi connectivity index (χ0) is 11.4. The topological polar surface area (TPSA) is 6.48 Å². The minimum atomic E-state index is 1.06. The second kappa shape index (κ2) is 5.80. The summed E-state index contributed by atoms with van der Waals surface area (Å²) in [5.74, 6) is 0. The molecule has 0 saturated carbocycles. The first-order valence-electron chi connectivity index (χ1n) is 5.74. The van der Waals surface area contributed by atoms with Crippen molar-refractivity contribution >= 4 is 15.9 Å². The van der Waals surface area contributed by atoms with Crippen LogP contribution in [0.25, 0.3) is 0 Å². The van der Waals surface area contributed by atoms with Crippen LogP contribution in [0.15, 0.2) is 28.7 Å². The van der Waals surface area contributed by atoms with Gasteiger partial charge in [-0.1, -0.05) is 28.1 Å². The van der Waals surface area contributed by atoms with Crippen molar-refractivity contribution in [2.24, 2.45) is 0 Å². The molecule has 1 fully saturated rings. The van der Waals surface area contributed by atoms with Gasteiger partial charge < -0.3 is 9.80 Å². The van der Waals surface area contributed by atoms with E-state index in [0.29, 0.717) is 0 Å². The highest BCUT2D eigenvalue weighted by atomic mass is 79.9. The Labute approximate surface area is 106 Å². The van der Waals surface area contributed by atoms with Crippen molar-refractivity contribution < 1.29 is 0 Å². The van der Waals surface area contributed by atoms with Crippen molar-refractivity contribution in [2.45, 2.75) is 0 Å². The number of benzene rings is 1. The van der Waals surface area contributed by atoms with Gasteiger partial charge in [0.25, 0.3) is 0 Å². The van der Waals surface area contributed by atoms with Crippen molar-refractivity contribution in [1.82, 2.24) is 9.80 Å². The number of likely N-dealkylation sites (N-methyl/N-ethyl adjacent to an activating group) is 1. The summed E-state index contributed by atoms with van der Waals surface area (Å²) in [6, 6.07) is 8.49. The molecule has 1 radical (unpaired) electrons. The highest BCUT2D eigenvalue weighted by Crippen LogP contribution is 2.12. The molecule has 1 aliphatic rings. The Morgan fingerprint density at radius 1 is 1.12 bits per heavy atom. The van der Waals surface area contributed by atoms with E-state index in [1.54, 1.807) is 0 Å². The van der Waals surface area contributed by atoms with Crippen molar-refractivity contribution in [3.63, 3.8) is 0 Å². The smallest absolute Gasteiger partial charge is 0.0175 e. The van der Waals surface area contributed by atoms with Gasteiger partial charge >= 0.3 is 0 Å². The second-order valence-electron chi connectivity index (χ2n) is 4.36. The lowest BCUT2D eigenvalue weighted by atomic mass is 10.1. The van der Waals surface area contributed by atoms with Gasteiger partial charge in [0.15, 0.2) is 0 Å². The third-order valence-corrected chi connectivity index (χ3v) is 3.58. The highest BCUT2D eigenvalue weighted by molar-refractivity contribution is 9.10. The van der Waals surface area contributed by atoms with Crippen molar-refractivity contribution in [3.8, 4) is 0 Å². The highest BCUT2D eigenvalue weighted by Gasteiger charge is 2.12. The molecule has 0 spiro atoms. The summed E-state index contributed by atoms with van der Waals surface area (Å²) in [6.45, 7) is 5.81. The largest absolute Gasteiger partial charge is 0.304 e. The lowest BCUT2D eigenvalue weighted by Crippen LogP contribution is -2.44. The van der Waals surface area contributed by atoms with E-state index >= 15 is 0 Å². The van der Waals surface area contributed by atoms with Gasteiger partial charge in [0.1, 0.15) is 0 Å². The van der Waals surface area contributed by atoms with Crippen LogP contribution in [-0.4, -0.2) is 49.6 Å². The first-order valence-corrected chi connectivity index (χ1v) is 6.53. The molecule has 0 unspecified atom stereocenters. The number of nitrogens with zero attached hydrogens (tertiary/aromatic N) is 2. The minimum Gasteiger partial charge on any atom is -0.304 e. The Balaban J connectivity index is 1.77. The van der Waals surface area contributed by atoms with Crippen LogP contribution in [0.1, 0.15) is 5.56 Å². The Kier molecular flexibility index (Phi) is 4.38. The van der Waals surface area contributed by atoms with Gasteiger partial charge in [-0.3, -0.25) is 0 Å². The molecule has 1 aromatic carbocycles. The Morgan fingerprint density at radius 3 is 2.38 bits per heavy atom. The first-order chi connectivity index (χ1) is 7.74. The molecule has 1 aromatic rings. The molecule has 1 saturated heterocycles. The normalized spacial score (nSPS) is 18.9. The fourth-order valence-electron chi connectivity index (χ4n) is 1.86. The van der Waals surface area contributed by atoms with Gasteiger partial charge in [-0.2, -0.15) is 0 Å². The van der Waals surface area contributed by atoms with Crippen LogP contribution in [0.4, 0.5) is 0 Å². The number of rotatable bonds is 3. The van der Waals surface area contributed by atoms with Crippen LogP contribution in [0.3, 0.4) is 0 Å². The number of hydrogen-bond donors (Lipinski definition) is 0. The van der Waals surface area contributed by atoms with Crippen LogP contribution < -0.4 is 0 Å². The fraction of sp³-hybridized carbons (Fsp3) is 0.462. The van der Waals surface area contributed by atoms with E-state index in [9.17, 15) is 0 Å². The molecule has 0 atom stereocenters. The standard InChI is InChI=1S/C13H18BrN2/c1-15-8-10-16(11-9-15)7-6-12-2-4-13(14)5-3-12/h2-6H,7-11H2,1H3. The Bertz CT molecular complexity index is 315. The van der Waals surface area contributed by atoms with E-state index in [4.69, 9.17) is 0 Å². The summed E-state index contributed by atoms with van der Waals surface area (Å²) >= 11 is 3.45. The zero-order valence-corrected chi connectivity index (χ0v) is 11.3. The predicted octanol–water partition coefficient (Wildman–Crippen LogP) is 2.25. The van der Waals surface area contributed by atoms with Crippen LogP contribution in [-0.2, 0) is 0 Å². The first kappa shape index (κ1) is 12.1. The zero-order valence-electron chi connectivity index (χ0n) is 9.69. The molecule has 0 aromatic heterocycles. The number of piperazine rings is 1. The maximum atomic E-state index is 3.45. The molecule has 2 rings (SSSR count). The quantitative estimate of drug-likeness (QED) is 0.839. The molecule has 1 aliphatic heterocycles. The third-order valence-electron chi connectivity index (χ3n) is 3.05. The van der Waals surface area contributed by atoms with Crippen LogP contribution in [0, 0.1) is 6.42 Å². The lowest BCUT2D eigenvalue weighted by molar-refractivity contribution is 0.164. The molecular formula is C13H18BrN2. The summed E-state index contributed by atoms with van der Waals surface area (Å²) in [5, 5.41) is 0. The molecule has 3 heteroatoms. The van der Waals surface area contributed by atoms with Crippen molar-refractivity contribution in [2.75, 3.05) is 39.8 Å². The molecule has 0 aliphatic carbocycles. The molecule has 1 heterocycles. The maximum absolute atomic E-state index is 3.45. The van der Waals surface area contributed by atoms with E-state index in [1.165, 1.54) is 31.7 Å². The number of hydrogen-bond acceptors (Lipinski definition) is 2. The van der Waals surface area contributed by atoms with E-state index in [2.05, 4.69) is 63.5 Å². The second-order valence-corrected chi connectivity index (χ2v) is 5.28. The molecule has 87 valence electrons. The van der Waals surface area contributed by atoms with E-state index < -0.39 is 0 Å². The maximum Gasteiger partial charge on any atom is 0.0175 e. The molecule has 0 bridgehead atoms. The van der Waals surface area contributed by atoms with Gasteiger partial charge in [0.05, 0.1) is 0 Å². The van der Waals surface area contributed by atoms with Crippen LogP contribution in [0.5, 0.6) is 0 Å². The summed E-state index contributed by atoms with van der Waals surface area (Å²) in [6.07, 6.45) is 2.30. The van der Waals surface area contributed by atoms with Crippen LogP contribution in [0.2, 0.25) is 0 Å². The average Bonchev–Trinajstić information content (AvgIpc) is 2.30. The molecular weight excluding hydrogens is 264 g/mol. The lowest BCUT2D eigenvalue weighted by Gasteiger charge is -2.32. The average molecular weight is 282 g/mol. The molecule has 2 nitrogen and oxygen atoms in total. The molecule has 16 heavy (non-hydrogen) atoms. The minimum absolute atomic E-state index is 1.06. The Hall–Kier alpha value is -0.380. The Morgan fingerprint density at radius 2 is 1.75 bits per heavy atom. The summed E-state index contributed by atoms with van der Waals surface area (Å²) in [4.78, 5) is 4.89. The van der Waals surface area contributed by atoms with Gasteiger partial charge in [0, 0.05) is 43.6 Å². The van der Waals surface area contributed by atoms with Crippen molar-refractivity contribution in [3.05, 3.63) is 40.7 Å². The van der Waals surface area contributed by atoms with E-state index in [0.717, 1.165) is 11.0 Å². The van der Waals surface area contributed by atoms with Gasteiger partial charge in [-0.05, 0) is 24.7 Å². The van der Waals surface area contributed by atoms with Crippen molar-refractivity contribution in [1.29, 1.82) is 0 Å². The summed E-state index contributed by atoms with van der Waals surface area (Å²) in [7, 11) is 2.19. The van der Waals surface area contributed by atoms with Crippen LogP contribution >= 0.6 is 15.9 Å². The summed E-state index contributed by atoms with van der Waals surface area (Å²) in [5.41, 5.74) is 1.31. The van der Waals surface area contributed by atoms with Gasteiger partial charge in [-0.15, -0.1) is 0 Å². The van der Waals surface area contributed by atoms with E-state index in [-0.39, 0.29) is 0 Å². The molecule has 0 N–H and O–H groups in total. The SMILES string of the molecule is CN1CCN(C[CH]c2ccc(Br)cc2)CC1. The number of halogens is 1. The summed E-state index contributed by atoms with van der Waals surface area (Å²) < 4.78 is 1.14. The molecule has 0 amide bonds. The predicted molar refractivity (Wildman–Crippen MR) is 71.5 cm³/mol. The monoisotopic (exact) mass is 281 g/mol. The van der Waals surface area contributed by atoms with Gasteiger partial charge in [0.2, 0.25) is 0 Å².